The monoisotopic (exact) mass is 397 g/mol. The molecule has 8 heteroatoms. The summed E-state index contributed by atoms with van der Waals surface area (Å²) in [7, 11) is -1.34. The average Bonchev–Trinajstić information content (AvgIpc) is 3.11. The second kappa shape index (κ2) is 6.28. The normalized spacial score (nSPS) is 26.8. The number of sulfonamides is 1. The van der Waals surface area contributed by atoms with Gasteiger partial charge in [-0.05, 0) is 49.3 Å². The minimum Gasteiger partial charge on any atom is -0.356 e. The van der Waals surface area contributed by atoms with E-state index in [0.717, 1.165) is 42.5 Å². The Bertz CT molecular complexity index is 1100. The van der Waals surface area contributed by atoms with Crippen molar-refractivity contribution in [1.29, 1.82) is 0 Å². The highest BCUT2D eigenvalue weighted by atomic mass is 32.2. The second-order valence-electron chi connectivity index (χ2n) is 8.15. The summed E-state index contributed by atoms with van der Waals surface area (Å²) in [5.41, 5.74) is 1.12. The molecule has 2 heterocycles. The highest BCUT2D eigenvalue weighted by molar-refractivity contribution is 7.89. The van der Waals surface area contributed by atoms with E-state index in [4.69, 9.17) is 0 Å². The average molecular weight is 398 g/mol. The molecule has 2 aliphatic carbocycles. The maximum atomic E-state index is 12.5. The van der Waals surface area contributed by atoms with E-state index < -0.39 is 10.0 Å². The van der Waals surface area contributed by atoms with Crippen LogP contribution in [-0.2, 0) is 10.0 Å². The quantitative estimate of drug-likeness (QED) is 0.691. The molecular weight excluding hydrogens is 374 g/mol. The summed E-state index contributed by atoms with van der Waals surface area (Å²) in [5.74, 6) is 0.951. The minimum absolute atomic E-state index is 0.0342. The fraction of sp³-hybridized carbons (Fsp3) is 0.400. The molecule has 2 aromatic heterocycles. The Morgan fingerprint density at radius 2 is 1.86 bits per heavy atom. The van der Waals surface area contributed by atoms with Gasteiger partial charge in [0, 0.05) is 25.3 Å². The van der Waals surface area contributed by atoms with Crippen LogP contribution < -0.4 is 9.62 Å². The van der Waals surface area contributed by atoms with E-state index in [1.165, 1.54) is 0 Å². The number of rotatable bonds is 5. The molecule has 0 saturated heterocycles. The standard InChI is InChI=1S/C20H23N5O2S/c1-25(19-17-7-8-21-18(17)22-13-23-19)15-11-20(12-15)9-14(10-20)24-28(26,27)16-5-3-2-4-6-16/h2-8,13-15,24H,9-12H2,1H3,(H,21,22,23). The number of nitrogens with zero attached hydrogens (tertiary/aromatic N) is 3. The fourth-order valence-corrected chi connectivity index (χ4v) is 6.07. The van der Waals surface area contributed by atoms with Gasteiger partial charge in [-0.2, -0.15) is 0 Å². The second-order valence-corrected chi connectivity index (χ2v) is 9.86. The van der Waals surface area contributed by atoms with Crippen LogP contribution in [0.15, 0.2) is 53.8 Å². The Labute approximate surface area is 164 Å². The molecule has 1 aromatic carbocycles. The molecule has 2 aliphatic rings. The number of hydrogen-bond acceptors (Lipinski definition) is 5. The van der Waals surface area contributed by atoms with Gasteiger partial charge in [0.15, 0.2) is 0 Å². The number of aromatic amines is 1. The lowest BCUT2D eigenvalue weighted by Gasteiger charge is -2.59. The summed E-state index contributed by atoms with van der Waals surface area (Å²) in [6.07, 6.45) is 7.44. The van der Waals surface area contributed by atoms with Crippen LogP contribution in [0.4, 0.5) is 5.82 Å². The topological polar surface area (TPSA) is 91.0 Å². The first-order valence-corrected chi connectivity index (χ1v) is 11.0. The molecule has 2 N–H and O–H groups in total. The number of anilines is 1. The summed E-state index contributed by atoms with van der Waals surface area (Å²) in [4.78, 5) is 14.4. The molecule has 146 valence electrons. The Kier molecular flexibility index (Phi) is 3.96. The van der Waals surface area contributed by atoms with Crippen molar-refractivity contribution in [1.82, 2.24) is 19.7 Å². The van der Waals surface area contributed by atoms with E-state index in [-0.39, 0.29) is 11.5 Å². The molecule has 3 aromatic rings. The Morgan fingerprint density at radius 3 is 2.61 bits per heavy atom. The fourth-order valence-electron chi connectivity index (χ4n) is 4.82. The molecule has 2 saturated carbocycles. The van der Waals surface area contributed by atoms with Crippen molar-refractivity contribution >= 4 is 26.9 Å². The first kappa shape index (κ1) is 17.6. The first-order valence-electron chi connectivity index (χ1n) is 9.54. The summed E-state index contributed by atoms with van der Waals surface area (Å²) in [6, 6.07) is 11.1. The molecule has 0 radical (unpaired) electrons. The lowest BCUT2D eigenvalue weighted by Crippen LogP contribution is -2.60. The lowest BCUT2D eigenvalue weighted by atomic mass is 9.52. The molecule has 0 bridgehead atoms. The number of nitrogens with one attached hydrogen (secondary N) is 2. The van der Waals surface area contributed by atoms with Crippen molar-refractivity contribution in [2.75, 3.05) is 11.9 Å². The van der Waals surface area contributed by atoms with E-state index in [1.54, 1.807) is 30.6 Å². The molecule has 7 nitrogen and oxygen atoms in total. The summed E-state index contributed by atoms with van der Waals surface area (Å²) < 4.78 is 27.8. The molecule has 28 heavy (non-hydrogen) atoms. The third-order valence-corrected chi connectivity index (χ3v) is 7.82. The number of aromatic nitrogens is 3. The molecule has 0 atom stereocenters. The van der Waals surface area contributed by atoms with E-state index >= 15 is 0 Å². The summed E-state index contributed by atoms with van der Waals surface area (Å²) in [6.45, 7) is 0. The van der Waals surface area contributed by atoms with E-state index in [9.17, 15) is 8.42 Å². The van der Waals surface area contributed by atoms with Gasteiger partial charge in [-0.15, -0.1) is 0 Å². The highest BCUT2D eigenvalue weighted by Crippen LogP contribution is 2.57. The van der Waals surface area contributed by atoms with Crippen LogP contribution in [-0.4, -0.2) is 42.5 Å². The van der Waals surface area contributed by atoms with Gasteiger partial charge >= 0.3 is 0 Å². The predicted octanol–water partition coefficient (Wildman–Crippen LogP) is 2.68. The van der Waals surface area contributed by atoms with Crippen LogP contribution in [0, 0.1) is 5.41 Å². The highest BCUT2D eigenvalue weighted by Gasteiger charge is 2.54. The van der Waals surface area contributed by atoms with Crippen molar-refractivity contribution in [2.24, 2.45) is 5.41 Å². The van der Waals surface area contributed by atoms with Gasteiger partial charge in [0.2, 0.25) is 10.0 Å². The number of benzene rings is 1. The first-order chi connectivity index (χ1) is 13.5. The molecular formula is C20H23N5O2S. The molecule has 0 unspecified atom stereocenters. The summed E-state index contributed by atoms with van der Waals surface area (Å²) >= 11 is 0. The van der Waals surface area contributed by atoms with Crippen molar-refractivity contribution in [2.45, 2.75) is 42.7 Å². The van der Waals surface area contributed by atoms with E-state index in [0.29, 0.717) is 10.9 Å². The summed E-state index contributed by atoms with van der Waals surface area (Å²) in [5, 5.41) is 1.04. The number of fused-ring (bicyclic) bond motifs is 1. The Hall–Kier alpha value is -2.45. The van der Waals surface area contributed by atoms with Crippen LogP contribution in [0.3, 0.4) is 0 Å². The number of H-pyrrole nitrogens is 1. The molecule has 0 aliphatic heterocycles. The number of hydrogen-bond donors (Lipinski definition) is 2. The van der Waals surface area contributed by atoms with Crippen LogP contribution in [0.25, 0.3) is 11.0 Å². The van der Waals surface area contributed by atoms with Gasteiger partial charge in [0.25, 0.3) is 0 Å². The van der Waals surface area contributed by atoms with Crippen molar-refractivity contribution in [3.63, 3.8) is 0 Å². The van der Waals surface area contributed by atoms with Crippen LogP contribution in [0.2, 0.25) is 0 Å². The SMILES string of the molecule is CN(c1ncnc2[nH]ccc12)C1CC2(CC(NS(=O)(=O)c3ccccc3)C2)C1. The van der Waals surface area contributed by atoms with Crippen molar-refractivity contribution in [3.8, 4) is 0 Å². The van der Waals surface area contributed by atoms with Gasteiger partial charge in [-0.25, -0.2) is 23.1 Å². The van der Waals surface area contributed by atoms with Gasteiger partial charge in [0.1, 0.15) is 17.8 Å². The van der Waals surface area contributed by atoms with Crippen LogP contribution in [0.5, 0.6) is 0 Å². The van der Waals surface area contributed by atoms with Gasteiger partial charge in [-0.3, -0.25) is 0 Å². The van der Waals surface area contributed by atoms with E-state index in [1.807, 2.05) is 18.3 Å². The Balaban J connectivity index is 1.20. The lowest BCUT2D eigenvalue weighted by molar-refractivity contribution is -0.0120. The van der Waals surface area contributed by atoms with Crippen LogP contribution in [0.1, 0.15) is 25.7 Å². The van der Waals surface area contributed by atoms with Crippen molar-refractivity contribution in [3.05, 3.63) is 48.9 Å². The zero-order valence-corrected chi connectivity index (χ0v) is 16.5. The van der Waals surface area contributed by atoms with Gasteiger partial charge < -0.3 is 9.88 Å². The predicted molar refractivity (Wildman–Crippen MR) is 108 cm³/mol. The molecule has 2 fully saturated rings. The maximum Gasteiger partial charge on any atom is 0.240 e. The molecule has 5 rings (SSSR count). The van der Waals surface area contributed by atoms with Crippen molar-refractivity contribution < 1.29 is 8.42 Å². The third-order valence-electron chi connectivity index (χ3n) is 6.29. The largest absolute Gasteiger partial charge is 0.356 e. The maximum absolute atomic E-state index is 12.5. The van der Waals surface area contributed by atoms with E-state index in [2.05, 4.69) is 31.6 Å². The van der Waals surface area contributed by atoms with Gasteiger partial charge in [-0.1, -0.05) is 18.2 Å². The zero-order valence-electron chi connectivity index (χ0n) is 15.7. The third kappa shape index (κ3) is 2.87. The molecule has 1 spiro atoms. The Morgan fingerprint density at radius 1 is 1.11 bits per heavy atom. The zero-order chi connectivity index (χ0) is 19.4. The van der Waals surface area contributed by atoms with Gasteiger partial charge in [0.05, 0.1) is 10.3 Å². The minimum atomic E-state index is -3.43. The smallest absolute Gasteiger partial charge is 0.240 e. The molecule has 0 amide bonds. The van der Waals surface area contributed by atoms with Crippen LogP contribution >= 0.6 is 0 Å².